The number of ether oxygens (including phenoxy) is 1. The quantitative estimate of drug-likeness (QED) is 0.623. The Balaban J connectivity index is 1.73. The number of urea groups is 1. The van der Waals surface area contributed by atoms with Crippen LogP contribution in [0.5, 0.6) is 5.75 Å². The van der Waals surface area contributed by atoms with Crippen molar-refractivity contribution in [2.45, 2.75) is 31.3 Å². The number of rotatable bonds is 5. The van der Waals surface area contributed by atoms with Crippen LogP contribution in [-0.4, -0.2) is 52.5 Å². The molecule has 0 aliphatic carbocycles. The summed E-state index contributed by atoms with van der Waals surface area (Å²) in [7, 11) is 1.64. The van der Waals surface area contributed by atoms with Gasteiger partial charge in [0.25, 0.3) is 5.91 Å². The molecular formula is C24H26N4O3. The van der Waals surface area contributed by atoms with Crippen molar-refractivity contribution < 1.29 is 14.3 Å². The van der Waals surface area contributed by atoms with Gasteiger partial charge in [-0.3, -0.25) is 14.6 Å². The zero-order chi connectivity index (χ0) is 21.8. The van der Waals surface area contributed by atoms with Gasteiger partial charge < -0.3 is 15.5 Å². The molecule has 0 radical (unpaired) electrons. The molecule has 7 nitrogen and oxygen atoms in total. The number of nitrogens with two attached hydrogens (primary N) is 1. The van der Waals surface area contributed by atoms with Crippen LogP contribution in [0.3, 0.4) is 0 Å². The van der Waals surface area contributed by atoms with Crippen LogP contribution >= 0.6 is 0 Å². The van der Waals surface area contributed by atoms with E-state index in [2.05, 4.69) is 4.98 Å². The SMILES string of the molecule is COc1ccc2[nH]c3c(c2c1)C[C@@]1(C)C(=O)N(CCCN)C(=O)N1[C@@H]3c1ccccc1. The number of fused-ring (bicyclic) bond motifs is 4. The predicted octanol–water partition coefficient (Wildman–Crippen LogP) is 3.19. The normalized spacial score (nSPS) is 22.7. The Kier molecular flexibility index (Phi) is 4.51. The van der Waals surface area contributed by atoms with Gasteiger partial charge in [0.2, 0.25) is 0 Å². The minimum Gasteiger partial charge on any atom is -0.497 e. The van der Waals surface area contributed by atoms with Gasteiger partial charge in [-0.1, -0.05) is 30.3 Å². The number of benzene rings is 2. The molecule has 31 heavy (non-hydrogen) atoms. The number of methoxy groups -OCH3 is 1. The molecule has 0 spiro atoms. The Morgan fingerprint density at radius 1 is 1.19 bits per heavy atom. The summed E-state index contributed by atoms with van der Waals surface area (Å²) >= 11 is 0. The molecule has 2 aliphatic rings. The third-order valence-corrected chi connectivity index (χ3v) is 6.57. The van der Waals surface area contributed by atoms with Crippen LogP contribution in [0.1, 0.15) is 36.2 Å². The fourth-order valence-corrected chi connectivity index (χ4v) is 5.05. The van der Waals surface area contributed by atoms with Crippen molar-refractivity contribution in [1.82, 2.24) is 14.8 Å². The lowest BCUT2D eigenvalue weighted by molar-refractivity contribution is -0.133. The molecule has 0 unspecified atom stereocenters. The van der Waals surface area contributed by atoms with Crippen LogP contribution in [0.2, 0.25) is 0 Å². The summed E-state index contributed by atoms with van der Waals surface area (Å²) in [5, 5.41) is 1.02. The van der Waals surface area contributed by atoms with Gasteiger partial charge in [-0.2, -0.15) is 0 Å². The van der Waals surface area contributed by atoms with E-state index in [1.165, 1.54) is 4.90 Å². The van der Waals surface area contributed by atoms with E-state index in [1.807, 2.05) is 55.5 Å². The van der Waals surface area contributed by atoms with Crippen molar-refractivity contribution in [2.24, 2.45) is 5.73 Å². The van der Waals surface area contributed by atoms with Crippen LogP contribution in [0.25, 0.3) is 10.9 Å². The molecule has 0 bridgehead atoms. The van der Waals surface area contributed by atoms with E-state index in [0.717, 1.165) is 33.5 Å². The van der Waals surface area contributed by atoms with E-state index < -0.39 is 5.54 Å². The minimum absolute atomic E-state index is 0.158. The number of imide groups is 1. The number of hydrogen-bond donors (Lipinski definition) is 2. The average Bonchev–Trinajstić information content (AvgIpc) is 3.23. The lowest BCUT2D eigenvalue weighted by atomic mass is 9.81. The minimum atomic E-state index is -0.961. The lowest BCUT2D eigenvalue weighted by Crippen LogP contribution is -2.53. The number of hydrogen-bond acceptors (Lipinski definition) is 4. The lowest BCUT2D eigenvalue weighted by Gasteiger charge is -2.42. The predicted molar refractivity (Wildman–Crippen MR) is 118 cm³/mol. The summed E-state index contributed by atoms with van der Waals surface area (Å²) in [6, 6.07) is 15.1. The highest BCUT2D eigenvalue weighted by molar-refractivity contribution is 6.08. The van der Waals surface area contributed by atoms with Crippen molar-refractivity contribution in [3.63, 3.8) is 0 Å². The highest BCUT2D eigenvalue weighted by Gasteiger charge is 2.59. The molecule has 7 heteroatoms. The Morgan fingerprint density at radius 2 is 1.97 bits per heavy atom. The molecule has 160 valence electrons. The molecule has 2 aliphatic heterocycles. The Labute approximate surface area is 180 Å². The fraction of sp³-hybridized carbons (Fsp3) is 0.333. The van der Waals surface area contributed by atoms with E-state index in [9.17, 15) is 9.59 Å². The number of H-pyrrole nitrogens is 1. The number of nitrogens with zero attached hydrogens (tertiary/aromatic N) is 2. The summed E-state index contributed by atoms with van der Waals surface area (Å²) in [5.74, 6) is 0.603. The van der Waals surface area contributed by atoms with Gasteiger partial charge in [0.1, 0.15) is 17.3 Å². The van der Waals surface area contributed by atoms with E-state index in [0.29, 0.717) is 25.9 Å². The average molecular weight is 418 g/mol. The largest absolute Gasteiger partial charge is 0.497 e. The van der Waals surface area contributed by atoms with E-state index >= 15 is 0 Å². The van der Waals surface area contributed by atoms with E-state index in [-0.39, 0.29) is 18.0 Å². The molecule has 3 N–H and O–H groups in total. The van der Waals surface area contributed by atoms with Crippen LogP contribution in [0.4, 0.5) is 4.79 Å². The molecule has 3 amide bonds. The van der Waals surface area contributed by atoms with Crippen LogP contribution in [0.15, 0.2) is 48.5 Å². The third kappa shape index (κ3) is 2.76. The molecule has 1 saturated heterocycles. The van der Waals surface area contributed by atoms with Gasteiger partial charge in [0, 0.05) is 29.6 Å². The first-order valence-corrected chi connectivity index (χ1v) is 10.6. The maximum Gasteiger partial charge on any atom is 0.328 e. The van der Waals surface area contributed by atoms with Crippen LogP contribution in [-0.2, 0) is 11.2 Å². The Bertz CT molecular complexity index is 1170. The third-order valence-electron chi connectivity index (χ3n) is 6.57. The number of aromatic amines is 1. The Morgan fingerprint density at radius 3 is 2.68 bits per heavy atom. The summed E-state index contributed by atoms with van der Waals surface area (Å²) in [6.45, 7) is 2.65. The summed E-state index contributed by atoms with van der Waals surface area (Å²) in [4.78, 5) is 33.7. The fourth-order valence-electron chi connectivity index (χ4n) is 5.05. The van der Waals surface area contributed by atoms with Crippen molar-refractivity contribution in [1.29, 1.82) is 0 Å². The molecular weight excluding hydrogens is 392 g/mol. The molecule has 0 saturated carbocycles. The first kappa shape index (κ1) is 19.6. The first-order chi connectivity index (χ1) is 15.0. The van der Waals surface area contributed by atoms with Crippen molar-refractivity contribution in [2.75, 3.05) is 20.2 Å². The standard InChI is InChI=1S/C24H26N4O3/c1-24-14-18-17-13-16(31-2)9-10-19(17)26-20(18)21(15-7-4-3-5-8-15)28(24)23(30)27(22(24)29)12-6-11-25/h3-5,7-10,13,21,26H,6,11-12,14,25H2,1-2H3/t21-,24+/m1/s1. The van der Waals surface area contributed by atoms with Crippen molar-refractivity contribution in [3.8, 4) is 5.75 Å². The molecule has 5 rings (SSSR count). The van der Waals surface area contributed by atoms with Crippen LogP contribution in [0, 0.1) is 0 Å². The molecule has 1 aromatic heterocycles. The van der Waals surface area contributed by atoms with Crippen LogP contribution < -0.4 is 10.5 Å². The highest BCUT2D eigenvalue weighted by atomic mass is 16.5. The summed E-state index contributed by atoms with van der Waals surface area (Å²) in [5.41, 5.74) is 8.64. The maximum atomic E-state index is 13.5. The highest BCUT2D eigenvalue weighted by Crippen LogP contribution is 2.48. The zero-order valence-electron chi connectivity index (χ0n) is 17.7. The number of carbonyl (C=O) groups excluding carboxylic acids is 2. The number of aromatic nitrogens is 1. The molecule has 3 aromatic rings. The number of amides is 3. The molecule has 1 fully saturated rings. The molecule has 3 heterocycles. The van der Waals surface area contributed by atoms with Crippen molar-refractivity contribution in [3.05, 3.63) is 65.4 Å². The van der Waals surface area contributed by atoms with Gasteiger partial charge >= 0.3 is 6.03 Å². The number of carbonyl (C=O) groups is 2. The second-order valence-corrected chi connectivity index (χ2v) is 8.44. The maximum absolute atomic E-state index is 13.5. The second-order valence-electron chi connectivity index (χ2n) is 8.44. The topological polar surface area (TPSA) is 91.7 Å². The zero-order valence-corrected chi connectivity index (χ0v) is 17.7. The monoisotopic (exact) mass is 418 g/mol. The van der Waals surface area contributed by atoms with Gasteiger partial charge in [-0.05, 0) is 49.2 Å². The molecule has 2 aromatic carbocycles. The first-order valence-electron chi connectivity index (χ1n) is 10.6. The second kappa shape index (κ2) is 7.13. The van der Waals surface area contributed by atoms with Gasteiger partial charge in [-0.15, -0.1) is 0 Å². The van der Waals surface area contributed by atoms with Gasteiger partial charge in [-0.25, -0.2) is 4.79 Å². The Hall–Kier alpha value is -3.32. The van der Waals surface area contributed by atoms with E-state index in [4.69, 9.17) is 10.5 Å². The summed E-state index contributed by atoms with van der Waals surface area (Å²) in [6.07, 6.45) is 1.03. The van der Waals surface area contributed by atoms with Gasteiger partial charge in [0.15, 0.2) is 0 Å². The van der Waals surface area contributed by atoms with Gasteiger partial charge in [0.05, 0.1) is 7.11 Å². The number of nitrogens with one attached hydrogen (secondary N) is 1. The smallest absolute Gasteiger partial charge is 0.328 e. The van der Waals surface area contributed by atoms with Crippen molar-refractivity contribution >= 4 is 22.8 Å². The summed E-state index contributed by atoms with van der Waals surface area (Å²) < 4.78 is 5.44. The van der Waals surface area contributed by atoms with E-state index in [1.54, 1.807) is 12.0 Å². The molecule has 2 atom stereocenters.